The van der Waals surface area contributed by atoms with Gasteiger partial charge >= 0.3 is 0 Å². The van der Waals surface area contributed by atoms with Crippen molar-refractivity contribution < 1.29 is 4.79 Å². The average molecular weight is 209 g/mol. The molecule has 1 amide bonds. The van der Waals surface area contributed by atoms with Crippen molar-refractivity contribution in [3.63, 3.8) is 0 Å². The van der Waals surface area contributed by atoms with Crippen LogP contribution in [0.4, 0.5) is 0 Å². The van der Waals surface area contributed by atoms with E-state index in [9.17, 15) is 4.79 Å². The van der Waals surface area contributed by atoms with Gasteiger partial charge in [0.1, 0.15) is 0 Å². The standard InChI is InChI=1S/C11H15NOS/c1-9-4-6-12(7-5-9)11(13)10-3-2-8-14-10/h2-3,8-9H,4-7H2,1H3. The van der Waals surface area contributed by atoms with Crippen LogP contribution in [-0.4, -0.2) is 23.9 Å². The molecule has 0 atom stereocenters. The Balaban J connectivity index is 1.99. The predicted octanol–water partition coefficient (Wildman–Crippen LogP) is 2.62. The smallest absolute Gasteiger partial charge is 0.263 e. The van der Waals surface area contributed by atoms with Crippen molar-refractivity contribution in [1.82, 2.24) is 4.90 Å². The Morgan fingerprint density at radius 1 is 1.50 bits per heavy atom. The fourth-order valence-electron chi connectivity index (χ4n) is 1.77. The predicted molar refractivity (Wildman–Crippen MR) is 58.6 cm³/mol. The van der Waals surface area contributed by atoms with Crippen LogP contribution in [0.25, 0.3) is 0 Å². The second-order valence-electron chi connectivity index (χ2n) is 3.95. The first-order valence-corrected chi connectivity index (χ1v) is 5.98. The normalized spacial score (nSPS) is 18.5. The van der Waals surface area contributed by atoms with Crippen LogP contribution in [0.2, 0.25) is 0 Å². The Morgan fingerprint density at radius 3 is 2.79 bits per heavy atom. The maximum absolute atomic E-state index is 11.9. The fraction of sp³-hybridized carbons (Fsp3) is 0.545. The zero-order valence-electron chi connectivity index (χ0n) is 8.40. The van der Waals surface area contributed by atoms with Crippen molar-refractivity contribution in [3.8, 4) is 0 Å². The largest absolute Gasteiger partial charge is 0.338 e. The number of hydrogen-bond acceptors (Lipinski definition) is 2. The summed E-state index contributed by atoms with van der Waals surface area (Å²) < 4.78 is 0. The lowest BCUT2D eigenvalue weighted by molar-refractivity contribution is 0.0702. The van der Waals surface area contributed by atoms with E-state index in [0.29, 0.717) is 0 Å². The van der Waals surface area contributed by atoms with Crippen LogP contribution in [0.1, 0.15) is 29.4 Å². The molecular weight excluding hydrogens is 194 g/mol. The van der Waals surface area contributed by atoms with Crippen molar-refractivity contribution in [2.24, 2.45) is 5.92 Å². The first-order valence-electron chi connectivity index (χ1n) is 5.10. The fourth-order valence-corrected chi connectivity index (χ4v) is 2.46. The third-order valence-electron chi connectivity index (χ3n) is 2.80. The van der Waals surface area contributed by atoms with Crippen LogP contribution in [0.3, 0.4) is 0 Å². The van der Waals surface area contributed by atoms with E-state index in [0.717, 1.165) is 36.7 Å². The molecule has 14 heavy (non-hydrogen) atoms. The van der Waals surface area contributed by atoms with E-state index in [1.165, 1.54) is 11.3 Å². The van der Waals surface area contributed by atoms with E-state index in [1.807, 2.05) is 22.4 Å². The maximum atomic E-state index is 11.9. The molecule has 0 N–H and O–H groups in total. The van der Waals surface area contributed by atoms with E-state index < -0.39 is 0 Å². The van der Waals surface area contributed by atoms with Crippen LogP contribution >= 0.6 is 11.3 Å². The minimum absolute atomic E-state index is 0.215. The van der Waals surface area contributed by atoms with Crippen LogP contribution in [0.15, 0.2) is 17.5 Å². The van der Waals surface area contributed by atoms with Gasteiger partial charge in [-0.2, -0.15) is 0 Å². The van der Waals surface area contributed by atoms with E-state index in [2.05, 4.69) is 6.92 Å². The lowest BCUT2D eigenvalue weighted by Gasteiger charge is -2.29. The van der Waals surface area contributed by atoms with Gasteiger partial charge in [0.2, 0.25) is 0 Å². The summed E-state index contributed by atoms with van der Waals surface area (Å²) in [5, 5.41) is 1.96. The number of nitrogens with zero attached hydrogens (tertiary/aromatic N) is 1. The second kappa shape index (κ2) is 4.13. The number of amides is 1. The number of hydrogen-bond donors (Lipinski definition) is 0. The summed E-state index contributed by atoms with van der Waals surface area (Å²) >= 11 is 1.53. The Hall–Kier alpha value is -0.830. The summed E-state index contributed by atoms with van der Waals surface area (Å²) in [6.45, 7) is 4.11. The van der Waals surface area contributed by atoms with Crippen molar-refractivity contribution in [3.05, 3.63) is 22.4 Å². The molecule has 0 aliphatic carbocycles. The van der Waals surface area contributed by atoms with Crippen molar-refractivity contribution in [2.45, 2.75) is 19.8 Å². The molecule has 0 saturated carbocycles. The zero-order chi connectivity index (χ0) is 9.97. The van der Waals surface area contributed by atoms with Gasteiger partial charge in [0.25, 0.3) is 5.91 Å². The third kappa shape index (κ3) is 1.98. The Kier molecular flexibility index (Phi) is 2.87. The summed E-state index contributed by atoms with van der Waals surface area (Å²) in [5.74, 6) is 0.995. The Morgan fingerprint density at radius 2 is 2.21 bits per heavy atom. The van der Waals surface area contributed by atoms with Crippen LogP contribution in [-0.2, 0) is 0 Å². The van der Waals surface area contributed by atoms with Crippen molar-refractivity contribution in [1.29, 1.82) is 0 Å². The highest BCUT2D eigenvalue weighted by molar-refractivity contribution is 7.12. The number of carbonyl (C=O) groups is 1. The van der Waals surface area contributed by atoms with Crippen molar-refractivity contribution >= 4 is 17.2 Å². The molecule has 2 nitrogen and oxygen atoms in total. The molecule has 2 rings (SSSR count). The Bertz CT molecular complexity index is 299. The van der Waals surface area contributed by atoms with Gasteiger partial charge in [-0.05, 0) is 30.2 Å². The highest BCUT2D eigenvalue weighted by atomic mass is 32.1. The summed E-state index contributed by atoms with van der Waals surface area (Å²) in [4.78, 5) is 14.8. The summed E-state index contributed by atoms with van der Waals surface area (Å²) in [6.07, 6.45) is 2.30. The molecule has 0 aromatic carbocycles. The Labute approximate surface area is 88.5 Å². The quantitative estimate of drug-likeness (QED) is 0.696. The van der Waals surface area contributed by atoms with Gasteiger partial charge in [0.05, 0.1) is 4.88 Å². The third-order valence-corrected chi connectivity index (χ3v) is 3.66. The van der Waals surface area contributed by atoms with E-state index >= 15 is 0 Å². The number of thiophene rings is 1. The topological polar surface area (TPSA) is 20.3 Å². The SMILES string of the molecule is CC1CCN(C(=O)c2cccs2)CC1. The molecule has 0 unspecified atom stereocenters. The number of rotatable bonds is 1. The second-order valence-corrected chi connectivity index (χ2v) is 4.90. The lowest BCUT2D eigenvalue weighted by atomic mass is 9.99. The summed E-state index contributed by atoms with van der Waals surface area (Å²) in [6, 6.07) is 3.84. The van der Waals surface area contributed by atoms with Gasteiger partial charge in [-0.15, -0.1) is 11.3 Å². The molecule has 2 heterocycles. The van der Waals surface area contributed by atoms with Gasteiger partial charge in [-0.3, -0.25) is 4.79 Å². The van der Waals surface area contributed by atoms with Crippen LogP contribution in [0, 0.1) is 5.92 Å². The molecule has 1 aromatic rings. The molecule has 0 spiro atoms. The first kappa shape index (κ1) is 9.71. The molecule has 1 fully saturated rings. The van der Waals surface area contributed by atoms with Crippen molar-refractivity contribution in [2.75, 3.05) is 13.1 Å². The molecule has 0 bridgehead atoms. The van der Waals surface area contributed by atoms with E-state index in [4.69, 9.17) is 0 Å². The molecule has 0 radical (unpaired) electrons. The molecule has 1 aromatic heterocycles. The molecule has 1 saturated heterocycles. The monoisotopic (exact) mass is 209 g/mol. The van der Waals surface area contributed by atoms with E-state index in [-0.39, 0.29) is 5.91 Å². The first-order chi connectivity index (χ1) is 6.77. The zero-order valence-corrected chi connectivity index (χ0v) is 9.22. The summed E-state index contributed by atoms with van der Waals surface area (Å²) in [5.41, 5.74) is 0. The molecule has 1 aliphatic rings. The summed E-state index contributed by atoms with van der Waals surface area (Å²) in [7, 11) is 0. The minimum Gasteiger partial charge on any atom is -0.338 e. The lowest BCUT2D eigenvalue weighted by Crippen LogP contribution is -2.37. The van der Waals surface area contributed by atoms with Gasteiger partial charge < -0.3 is 4.90 Å². The van der Waals surface area contributed by atoms with Gasteiger partial charge in [0.15, 0.2) is 0 Å². The molecule has 3 heteroatoms. The molecule has 76 valence electrons. The molecular formula is C11H15NOS. The maximum Gasteiger partial charge on any atom is 0.263 e. The van der Waals surface area contributed by atoms with E-state index in [1.54, 1.807) is 0 Å². The minimum atomic E-state index is 0.215. The highest BCUT2D eigenvalue weighted by Crippen LogP contribution is 2.19. The van der Waals surface area contributed by atoms with Gasteiger partial charge in [0, 0.05) is 13.1 Å². The van der Waals surface area contributed by atoms with Gasteiger partial charge in [-0.25, -0.2) is 0 Å². The number of carbonyl (C=O) groups excluding carboxylic acids is 1. The highest BCUT2D eigenvalue weighted by Gasteiger charge is 2.21. The average Bonchev–Trinajstić information content (AvgIpc) is 2.71. The van der Waals surface area contributed by atoms with Crippen LogP contribution in [0.5, 0.6) is 0 Å². The number of piperidine rings is 1. The molecule has 1 aliphatic heterocycles. The van der Waals surface area contributed by atoms with Gasteiger partial charge in [-0.1, -0.05) is 13.0 Å². The van der Waals surface area contributed by atoms with Crippen LogP contribution < -0.4 is 0 Å². The number of likely N-dealkylation sites (tertiary alicyclic amines) is 1.